The van der Waals surface area contributed by atoms with Gasteiger partial charge in [-0.1, -0.05) is 0 Å². The average Bonchev–Trinajstić information content (AvgIpc) is 2.84. The van der Waals surface area contributed by atoms with Crippen molar-refractivity contribution in [1.82, 2.24) is 9.80 Å². The molecule has 0 radical (unpaired) electrons. The molecule has 1 atom stereocenters. The van der Waals surface area contributed by atoms with E-state index in [1.165, 1.54) is 25.9 Å². The number of cyclic esters (lactones) is 1. The molecule has 5 heteroatoms. The van der Waals surface area contributed by atoms with Gasteiger partial charge in [0.1, 0.15) is 6.10 Å². The molecule has 0 saturated carbocycles. The second kappa shape index (κ2) is 4.81. The molecule has 2 aliphatic heterocycles. The fraction of sp³-hybridized carbons (Fsp3) is 0.900. The van der Waals surface area contributed by atoms with Gasteiger partial charge in [0.15, 0.2) is 0 Å². The van der Waals surface area contributed by atoms with Crippen LogP contribution < -0.4 is 5.73 Å². The van der Waals surface area contributed by atoms with Gasteiger partial charge in [-0.25, -0.2) is 4.79 Å². The molecule has 15 heavy (non-hydrogen) atoms. The van der Waals surface area contributed by atoms with Crippen LogP contribution in [0.5, 0.6) is 0 Å². The number of amides is 1. The van der Waals surface area contributed by atoms with Crippen molar-refractivity contribution in [2.45, 2.75) is 18.9 Å². The first-order valence-corrected chi connectivity index (χ1v) is 5.67. The molecule has 2 fully saturated rings. The van der Waals surface area contributed by atoms with Gasteiger partial charge in [-0.15, -0.1) is 0 Å². The topological polar surface area (TPSA) is 58.8 Å². The standard InChI is InChI=1S/C10H19N3O2/c11-7-9-8-13(10(14)15-9)6-5-12-3-1-2-4-12/h9H,1-8,11H2. The van der Waals surface area contributed by atoms with E-state index in [-0.39, 0.29) is 12.2 Å². The molecule has 0 aromatic heterocycles. The lowest BCUT2D eigenvalue weighted by atomic mass is 10.3. The number of carbonyl (C=O) groups is 1. The van der Waals surface area contributed by atoms with E-state index in [0.717, 1.165) is 13.1 Å². The van der Waals surface area contributed by atoms with Gasteiger partial charge in [0.05, 0.1) is 6.54 Å². The van der Waals surface area contributed by atoms with Crippen LogP contribution >= 0.6 is 0 Å². The van der Waals surface area contributed by atoms with E-state index < -0.39 is 0 Å². The van der Waals surface area contributed by atoms with Gasteiger partial charge < -0.3 is 20.3 Å². The number of carbonyl (C=O) groups excluding carboxylic acids is 1. The molecule has 0 bridgehead atoms. The largest absolute Gasteiger partial charge is 0.443 e. The number of hydrogen-bond acceptors (Lipinski definition) is 4. The van der Waals surface area contributed by atoms with Crippen LogP contribution in [0.2, 0.25) is 0 Å². The summed E-state index contributed by atoms with van der Waals surface area (Å²) in [6.07, 6.45) is 2.27. The molecular weight excluding hydrogens is 194 g/mol. The number of nitrogens with zero attached hydrogens (tertiary/aromatic N) is 2. The summed E-state index contributed by atoms with van der Waals surface area (Å²) in [5, 5.41) is 0. The minimum atomic E-state index is -0.204. The molecular formula is C10H19N3O2. The third-order valence-electron chi connectivity index (χ3n) is 3.10. The van der Waals surface area contributed by atoms with Crippen LogP contribution in [0.15, 0.2) is 0 Å². The normalized spacial score (nSPS) is 27.4. The maximum atomic E-state index is 11.4. The predicted octanol–water partition coefficient (Wildman–Crippen LogP) is -0.138. The summed E-state index contributed by atoms with van der Waals surface area (Å²) in [5.74, 6) is 0. The van der Waals surface area contributed by atoms with Crippen LogP contribution in [0.1, 0.15) is 12.8 Å². The molecule has 2 saturated heterocycles. The van der Waals surface area contributed by atoms with E-state index in [1.54, 1.807) is 4.90 Å². The Bertz CT molecular complexity index is 229. The highest BCUT2D eigenvalue weighted by molar-refractivity contribution is 5.69. The SMILES string of the molecule is NCC1CN(CCN2CCCC2)C(=O)O1. The molecule has 2 aliphatic rings. The fourth-order valence-corrected chi connectivity index (χ4v) is 2.15. The molecule has 0 aliphatic carbocycles. The zero-order chi connectivity index (χ0) is 10.7. The third-order valence-corrected chi connectivity index (χ3v) is 3.10. The minimum Gasteiger partial charge on any atom is -0.443 e. The number of ether oxygens (including phenoxy) is 1. The summed E-state index contributed by atoms with van der Waals surface area (Å²) in [7, 11) is 0. The van der Waals surface area contributed by atoms with Gasteiger partial charge in [-0.3, -0.25) is 0 Å². The van der Waals surface area contributed by atoms with Crippen LogP contribution in [0, 0.1) is 0 Å². The van der Waals surface area contributed by atoms with E-state index in [9.17, 15) is 4.79 Å². The van der Waals surface area contributed by atoms with Crippen molar-refractivity contribution in [3.8, 4) is 0 Å². The molecule has 1 unspecified atom stereocenters. The van der Waals surface area contributed by atoms with Crippen LogP contribution in [0.4, 0.5) is 4.79 Å². The summed E-state index contributed by atoms with van der Waals surface area (Å²) in [6.45, 7) is 5.16. The Kier molecular flexibility index (Phi) is 3.43. The van der Waals surface area contributed by atoms with Crippen molar-refractivity contribution in [2.24, 2.45) is 5.73 Å². The van der Waals surface area contributed by atoms with E-state index in [0.29, 0.717) is 13.1 Å². The molecule has 0 aromatic carbocycles. The number of hydrogen-bond donors (Lipinski definition) is 1. The lowest BCUT2D eigenvalue weighted by Crippen LogP contribution is -2.35. The number of likely N-dealkylation sites (tertiary alicyclic amines) is 1. The van der Waals surface area contributed by atoms with Gasteiger partial charge in [0, 0.05) is 19.6 Å². The molecule has 2 rings (SSSR count). The van der Waals surface area contributed by atoms with E-state index >= 15 is 0 Å². The second-order valence-corrected chi connectivity index (χ2v) is 4.24. The molecule has 2 heterocycles. The van der Waals surface area contributed by atoms with Crippen molar-refractivity contribution in [1.29, 1.82) is 0 Å². The molecule has 2 N–H and O–H groups in total. The Hall–Kier alpha value is -0.810. The summed E-state index contributed by atoms with van der Waals surface area (Å²) in [5.41, 5.74) is 5.46. The van der Waals surface area contributed by atoms with Gasteiger partial charge in [-0.05, 0) is 25.9 Å². The van der Waals surface area contributed by atoms with Crippen LogP contribution in [-0.2, 0) is 4.74 Å². The third kappa shape index (κ3) is 2.60. The Balaban J connectivity index is 1.72. The van der Waals surface area contributed by atoms with Crippen molar-refractivity contribution in [2.75, 3.05) is 39.3 Å². The molecule has 86 valence electrons. The van der Waals surface area contributed by atoms with E-state index in [2.05, 4.69) is 4.90 Å². The smallest absolute Gasteiger partial charge is 0.410 e. The summed E-state index contributed by atoms with van der Waals surface area (Å²) < 4.78 is 5.08. The lowest BCUT2D eigenvalue weighted by molar-refractivity contribution is 0.133. The number of rotatable bonds is 4. The van der Waals surface area contributed by atoms with Crippen molar-refractivity contribution in [3.63, 3.8) is 0 Å². The van der Waals surface area contributed by atoms with E-state index in [4.69, 9.17) is 10.5 Å². The fourth-order valence-electron chi connectivity index (χ4n) is 2.15. The summed E-state index contributed by atoms with van der Waals surface area (Å²) in [4.78, 5) is 15.5. The Morgan fingerprint density at radius 3 is 2.67 bits per heavy atom. The first kappa shape index (κ1) is 10.7. The van der Waals surface area contributed by atoms with Crippen molar-refractivity contribution < 1.29 is 9.53 Å². The predicted molar refractivity (Wildman–Crippen MR) is 56.6 cm³/mol. The lowest BCUT2D eigenvalue weighted by Gasteiger charge is -2.18. The highest BCUT2D eigenvalue weighted by Crippen LogP contribution is 2.11. The molecule has 5 nitrogen and oxygen atoms in total. The Morgan fingerprint density at radius 2 is 2.07 bits per heavy atom. The van der Waals surface area contributed by atoms with Gasteiger partial charge in [0.2, 0.25) is 0 Å². The van der Waals surface area contributed by atoms with Gasteiger partial charge >= 0.3 is 6.09 Å². The first-order chi connectivity index (χ1) is 7.29. The number of nitrogens with two attached hydrogens (primary N) is 1. The van der Waals surface area contributed by atoms with Crippen molar-refractivity contribution in [3.05, 3.63) is 0 Å². The van der Waals surface area contributed by atoms with Crippen LogP contribution in [0.3, 0.4) is 0 Å². The van der Waals surface area contributed by atoms with Crippen LogP contribution in [-0.4, -0.2) is 61.3 Å². The first-order valence-electron chi connectivity index (χ1n) is 5.67. The molecule has 0 aromatic rings. The summed E-state index contributed by atoms with van der Waals surface area (Å²) >= 11 is 0. The minimum absolute atomic E-state index is 0.101. The summed E-state index contributed by atoms with van der Waals surface area (Å²) in [6, 6.07) is 0. The maximum Gasteiger partial charge on any atom is 0.410 e. The average molecular weight is 213 g/mol. The Labute approximate surface area is 90.1 Å². The van der Waals surface area contributed by atoms with Crippen LogP contribution in [0.25, 0.3) is 0 Å². The highest BCUT2D eigenvalue weighted by Gasteiger charge is 2.30. The van der Waals surface area contributed by atoms with Gasteiger partial charge in [0.25, 0.3) is 0 Å². The zero-order valence-corrected chi connectivity index (χ0v) is 9.02. The maximum absolute atomic E-state index is 11.4. The van der Waals surface area contributed by atoms with Gasteiger partial charge in [-0.2, -0.15) is 0 Å². The monoisotopic (exact) mass is 213 g/mol. The zero-order valence-electron chi connectivity index (χ0n) is 9.02. The molecule has 1 amide bonds. The highest BCUT2D eigenvalue weighted by atomic mass is 16.6. The Morgan fingerprint density at radius 1 is 1.33 bits per heavy atom. The van der Waals surface area contributed by atoms with Crippen molar-refractivity contribution >= 4 is 6.09 Å². The van der Waals surface area contributed by atoms with E-state index in [1.807, 2.05) is 0 Å². The quantitative estimate of drug-likeness (QED) is 0.706. The molecule has 0 spiro atoms. The second-order valence-electron chi connectivity index (χ2n) is 4.24.